The van der Waals surface area contributed by atoms with Crippen molar-refractivity contribution in [1.82, 2.24) is 5.32 Å². The molecule has 154 valence electrons. The Morgan fingerprint density at radius 1 is 1.28 bits per heavy atom. The van der Waals surface area contributed by atoms with Crippen molar-refractivity contribution in [2.24, 2.45) is 33.9 Å². The summed E-state index contributed by atoms with van der Waals surface area (Å²) >= 11 is 0. The molecule has 5 rings (SSSR count). The van der Waals surface area contributed by atoms with Crippen molar-refractivity contribution in [2.75, 3.05) is 0 Å². The number of nitrogens with zero attached hydrogens (tertiary/aromatic N) is 2. The van der Waals surface area contributed by atoms with Crippen molar-refractivity contribution in [3.63, 3.8) is 0 Å². The van der Waals surface area contributed by atoms with E-state index in [1.807, 2.05) is 51.2 Å². The van der Waals surface area contributed by atoms with E-state index in [1.54, 1.807) is 0 Å². The fraction of sp³-hybridized carbons (Fsp3) is 0.609. The van der Waals surface area contributed by atoms with Crippen molar-refractivity contribution in [3.8, 4) is 11.9 Å². The van der Waals surface area contributed by atoms with Crippen molar-refractivity contribution in [2.45, 2.75) is 64.5 Å². The maximum Gasteiger partial charge on any atom is 0.223 e. The molecule has 0 aromatic heterocycles. The Kier molecular flexibility index (Phi) is 4.80. The highest BCUT2D eigenvalue weighted by molar-refractivity contribution is 5.91. The van der Waals surface area contributed by atoms with Crippen LogP contribution in [0, 0.1) is 41.5 Å². The third kappa shape index (κ3) is 3.48. The highest BCUT2D eigenvalue weighted by atomic mass is 16.5. The Bertz CT molecular complexity index is 869. The van der Waals surface area contributed by atoms with Crippen LogP contribution in [-0.2, 0) is 4.79 Å². The van der Waals surface area contributed by atoms with Crippen LogP contribution >= 0.6 is 0 Å². The Morgan fingerprint density at radius 3 is 2.52 bits per heavy atom. The second-order valence-corrected chi connectivity index (χ2v) is 9.70. The zero-order chi connectivity index (χ0) is 20.8. The highest BCUT2D eigenvalue weighted by Crippen LogP contribution is 2.60. The molecule has 0 radical (unpaired) electrons. The van der Waals surface area contributed by atoms with Gasteiger partial charge in [0.1, 0.15) is 5.75 Å². The zero-order valence-electron chi connectivity index (χ0n) is 17.4. The van der Waals surface area contributed by atoms with E-state index >= 15 is 0 Å². The van der Waals surface area contributed by atoms with Gasteiger partial charge in [-0.25, -0.2) is 0 Å². The van der Waals surface area contributed by atoms with Crippen LogP contribution < -0.4 is 15.8 Å². The molecule has 0 aliphatic heterocycles. The van der Waals surface area contributed by atoms with Crippen LogP contribution in [0.25, 0.3) is 0 Å². The van der Waals surface area contributed by atoms with E-state index in [2.05, 4.69) is 5.32 Å². The van der Waals surface area contributed by atoms with Gasteiger partial charge in [0.15, 0.2) is 17.6 Å². The molecule has 4 bridgehead atoms. The van der Waals surface area contributed by atoms with E-state index in [1.165, 1.54) is 0 Å². The number of nitriles is 1. The second-order valence-electron chi connectivity index (χ2n) is 9.70. The summed E-state index contributed by atoms with van der Waals surface area (Å²) < 4.78 is 6.28. The van der Waals surface area contributed by atoms with Crippen molar-refractivity contribution in [1.29, 1.82) is 5.26 Å². The number of hydrogen-bond donors (Lipinski definition) is 2. The molecule has 4 saturated carbocycles. The van der Waals surface area contributed by atoms with Gasteiger partial charge in [-0.05, 0) is 82.3 Å². The number of carbonyl (C=O) groups is 1. The molecular weight excluding hydrogens is 364 g/mol. The highest BCUT2D eigenvalue weighted by Gasteiger charge is 2.58. The van der Waals surface area contributed by atoms with Gasteiger partial charge in [0, 0.05) is 5.41 Å². The minimum atomic E-state index is -0.780. The van der Waals surface area contributed by atoms with Crippen LogP contribution in [0.1, 0.15) is 51.5 Å². The Hall–Kier alpha value is -2.55. The average molecular weight is 395 g/mol. The summed E-state index contributed by atoms with van der Waals surface area (Å²) in [6.07, 6.45) is 6.81. The van der Waals surface area contributed by atoms with Gasteiger partial charge in [0.05, 0.1) is 6.04 Å². The monoisotopic (exact) mass is 394 g/mol. The lowest BCUT2D eigenvalue weighted by Gasteiger charge is -2.57. The maximum absolute atomic E-state index is 12.2. The lowest BCUT2D eigenvalue weighted by atomic mass is 9.48. The van der Waals surface area contributed by atoms with E-state index in [9.17, 15) is 10.1 Å². The molecular formula is C23H30N4O2. The third-order valence-electron chi connectivity index (χ3n) is 7.23. The van der Waals surface area contributed by atoms with Crippen molar-refractivity contribution >= 4 is 11.7 Å². The lowest BCUT2D eigenvalue weighted by molar-refractivity contribution is -0.144. The first-order valence-corrected chi connectivity index (χ1v) is 10.5. The summed E-state index contributed by atoms with van der Waals surface area (Å²) in [5.74, 6) is 2.46. The normalized spacial score (nSPS) is 33.2. The number of carbonyl (C=O) groups excluding carboxylic acids is 1. The first-order chi connectivity index (χ1) is 13.7. The minimum Gasteiger partial charge on any atom is -0.480 e. The molecule has 3 N–H and O–H groups in total. The molecule has 1 amide bonds. The van der Waals surface area contributed by atoms with Crippen LogP contribution in [0.2, 0.25) is 0 Å². The smallest absolute Gasteiger partial charge is 0.223 e. The minimum absolute atomic E-state index is 0.106. The predicted octanol–water partition coefficient (Wildman–Crippen LogP) is 3.30. The van der Waals surface area contributed by atoms with E-state index < -0.39 is 5.60 Å². The van der Waals surface area contributed by atoms with Crippen LogP contribution in [-0.4, -0.2) is 23.4 Å². The Balaban J connectivity index is 1.62. The van der Waals surface area contributed by atoms with Crippen molar-refractivity contribution in [3.05, 3.63) is 29.8 Å². The van der Waals surface area contributed by atoms with Crippen LogP contribution in [0.5, 0.6) is 5.75 Å². The first kappa shape index (κ1) is 19.8. The zero-order valence-corrected chi connectivity index (χ0v) is 17.4. The number of primary amides is 1. The number of hydrogen-bond acceptors (Lipinski definition) is 4. The lowest BCUT2D eigenvalue weighted by Crippen LogP contribution is -2.58. The van der Waals surface area contributed by atoms with Crippen LogP contribution in [0.3, 0.4) is 0 Å². The van der Waals surface area contributed by atoms with Gasteiger partial charge >= 0.3 is 0 Å². The number of benzene rings is 1. The average Bonchev–Trinajstić information content (AvgIpc) is 2.65. The summed E-state index contributed by atoms with van der Waals surface area (Å²) in [5, 5.41) is 12.2. The number of aryl methyl sites for hydroxylation is 1. The molecule has 6 heteroatoms. The van der Waals surface area contributed by atoms with Gasteiger partial charge in [0.25, 0.3) is 0 Å². The van der Waals surface area contributed by atoms with Gasteiger partial charge in [-0.1, -0.05) is 18.2 Å². The topological polar surface area (TPSA) is 100 Å². The summed E-state index contributed by atoms with van der Waals surface area (Å²) in [6, 6.07) is 7.95. The molecule has 6 nitrogen and oxygen atoms in total. The van der Waals surface area contributed by atoms with E-state index in [4.69, 9.17) is 15.5 Å². The Labute approximate surface area is 172 Å². The summed E-state index contributed by atoms with van der Waals surface area (Å²) in [7, 11) is 0. The molecule has 4 aliphatic carbocycles. The second kappa shape index (κ2) is 7.05. The molecule has 0 heterocycles. The van der Waals surface area contributed by atoms with E-state index in [0.717, 1.165) is 43.4 Å². The molecule has 1 aromatic carbocycles. The molecule has 0 saturated heterocycles. The fourth-order valence-electron chi connectivity index (χ4n) is 6.04. The number of ether oxygens (including phenoxy) is 1. The largest absolute Gasteiger partial charge is 0.480 e. The van der Waals surface area contributed by atoms with Gasteiger partial charge in [-0.2, -0.15) is 5.26 Å². The van der Waals surface area contributed by atoms with Crippen LogP contribution in [0.15, 0.2) is 29.3 Å². The van der Waals surface area contributed by atoms with Gasteiger partial charge in [-0.3, -0.25) is 15.1 Å². The van der Waals surface area contributed by atoms with E-state index in [-0.39, 0.29) is 17.4 Å². The van der Waals surface area contributed by atoms with Gasteiger partial charge < -0.3 is 10.5 Å². The number of nitrogens with one attached hydrogen (secondary N) is 1. The standard InChI is InChI=1S/C23H30N4O2/c1-14-6-4-5-7-18(14)29-22(2,3)21(26-13-24)27-19-16-8-15-9-17(19)12-23(10-15,11-16)20(25)28/h4-7,15-17,19H,8-12H2,1-3H3,(H2,25,28)(H,26,27). The number of para-hydroxylation sites is 1. The molecule has 29 heavy (non-hydrogen) atoms. The molecule has 0 spiro atoms. The molecule has 1 aromatic rings. The summed E-state index contributed by atoms with van der Waals surface area (Å²) in [4.78, 5) is 17.2. The van der Waals surface area contributed by atoms with Gasteiger partial charge in [-0.15, -0.1) is 0 Å². The van der Waals surface area contributed by atoms with Crippen molar-refractivity contribution < 1.29 is 9.53 Å². The number of amides is 1. The summed E-state index contributed by atoms with van der Waals surface area (Å²) in [5.41, 5.74) is 5.73. The molecule has 2 unspecified atom stereocenters. The number of amidine groups is 1. The SMILES string of the molecule is Cc1ccccc1OC(C)(C)C(=NC1C2CC3CC1CC(C(N)=O)(C3)C2)NC#N. The maximum atomic E-state index is 12.2. The van der Waals surface area contributed by atoms with E-state index in [0.29, 0.717) is 23.6 Å². The fourth-order valence-corrected chi connectivity index (χ4v) is 6.04. The predicted molar refractivity (Wildman–Crippen MR) is 111 cm³/mol. The molecule has 4 fully saturated rings. The first-order valence-electron chi connectivity index (χ1n) is 10.5. The van der Waals surface area contributed by atoms with Gasteiger partial charge in [0.2, 0.25) is 5.91 Å². The number of nitrogens with two attached hydrogens (primary N) is 1. The summed E-state index contributed by atoms with van der Waals surface area (Å²) in [6.45, 7) is 5.87. The Morgan fingerprint density at radius 2 is 1.93 bits per heavy atom. The molecule has 4 aliphatic rings. The number of aliphatic imine (C=N–C) groups is 1. The van der Waals surface area contributed by atoms with Crippen LogP contribution in [0.4, 0.5) is 0 Å². The molecule has 2 atom stereocenters. The number of rotatable bonds is 5. The quantitative estimate of drug-likeness (QED) is 0.346. The third-order valence-corrected chi connectivity index (χ3v) is 7.23.